The molecule has 1 aliphatic carbocycles. The summed E-state index contributed by atoms with van der Waals surface area (Å²) in [6.07, 6.45) is 11.4. The molecule has 1 aliphatic rings. The van der Waals surface area contributed by atoms with E-state index in [0.29, 0.717) is 5.41 Å². The molecular weight excluding hydrogens is 188 g/mol. The molecular formula is C9H13Br. The van der Waals surface area contributed by atoms with Gasteiger partial charge in [0.25, 0.3) is 0 Å². The quantitative estimate of drug-likeness (QED) is 0.475. The van der Waals surface area contributed by atoms with E-state index in [4.69, 9.17) is 0 Å². The van der Waals surface area contributed by atoms with E-state index in [1.54, 1.807) is 0 Å². The Morgan fingerprint density at radius 2 is 2.00 bits per heavy atom. The molecule has 0 amide bonds. The molecule has 0 radical (unpaired) electrons. The van der Waals surface area contributed by atoms with Crippen molar-refractivity contribution in [2.24, 2.45) is 5.41 Å². The van der Waals surface area contributed by atoms with E-state index >= 15 is 0 Å². The van der Waals surface area contributed by atoms with Gasteiger partial charge in [-0.25, -0.2) is 0 Å². The van der Waals surface area contributed by atoms with Gasteiger partial charge in [0.15, 0.2) is 0 Å². The normalized spacial score (nSPS) is 21.4. The van der Waals surface area contributed by atoms with Crippen LogP contribution in [0.4, 0.5) is 0 Å². The smallest absolute Gasteiger partial charge is 0.00424 e. The highest BCUT2D eigenvalue weighted by Crippen LogP contribution is 2.28. The lowest BCUT2D eigenvalue weighted by Crippen LogP contribution is -2.11. The van der Waals surface area contributed by atoms with Crippen LogP contribution in [0.1, 0.15) is 19.8 Å². The average molecular weight is 201 g/mol. The summed E-state index contributed by atoms with van der Waals surface area (Å²) in [5.41, 5.74) is 0.321. The van der Waals surface area contributed by atoms with E-state index in [1.807, 2.05) is 0 Å². The summed E-state index contributed by atoms with van der Waals surface area (Å²) in [4.78, 5) is 0. The van der Waals surface area contributed by atoms with Crippen LogP contribution < -0.4 is 0 Å². The zero-order valence-corrected chi connectivity index (χ0v) is 7.89. The molecule has 0 spiro atoms. The van der Waals surface area contributed by atoms with Gasteiger partial charge in [-0.2, -0.15) is 0 Å². The molecule has 1 rings (SSSR count). The minimum atomic E-state index is 0.321. The first kappa shape index (κ1) is 8.06. The fourth-order valence-corrected chi connectivity index (χ4v) is 2.03. The summed E-state index contributed by atoms with van der Waals surface area (Å²) in [5.74, 6) is 0. The van der Waals surface area contributed by atoms with E-state index in [-0.39, 0.29) is 0 Å². The van der Waals surface area contributed by atoms with Gasteiger partial charge in [-0.05, 0) is 12.8 Å². The molecule has 0 aliphatic heterocycles. The second-order valence-electron chi connectivity index (χ2n) is 2.99. The Balaban J connectivity index is 2.56. The van der Waals surface area contributed by atoms with Gasteiger partial charge in [-0.3, -0.25) is 0 Å². The Morgan fingerprint density at radius 1 is 1.40 bits per heavy atom. The molecule has 0 bridgehead atoms. The Kier molecular flexibility index (Phi) is 2.72. The zero-order chi connectivity index (χ0) is 7.45. The molecule has 0 unspecified atom stereocenters. The lowest BCUT2D eigenvalue weighted by molar-refractivity contribution is 0.529. The molecule has 0 saturated heterocycles. The Labute approximate surface area is 71.1 Å². The van der Waals surface area contributed by atoms with Crippen LogP contribution in [0.15, 0.2) is 24.3 Å². The van der Waals surface area contributed by atoms with E-state index in [0.717, 1.165) is 11.8 Å². The van der Waals surface area contributed by atoms with Crippen LogP contribution in [0.2, 0.25) is 0 Å². The van der Waals surface area contributed by atoms with E-state index in [2.05, 4.69) is 47.2 Å². The monoisotopic (exact) mass is 200 g/mol. The lowest BCUT2D eigenvalue weighted by atomic mass is 9.84. The third-order valence-corrected chi connectivity index (χ3v) is 2.30. The SMILES string of the molecule is CC1(CCBr)C=CCC=C1. The largest absolute Gasteiger partial charge is 0.0928 e. The van der Waals surface area contributed by atoms with E-state index < -0.39 is 0 Å². The molecule has 0 aromatic carbocycles. The molecule has 56 valence electrons. The van der Waals surface area contributed by atoms with E-state index in [1.165, 1.54) is 6.42 Å². The van der Waals surface area contributed by atoms with E-state index in [9.17, 15) is 0 Å². The second kappa shape index (κ2) is 3.38. The van der Waals surface area contributed by atoms with Gasteiger partial charge in [-0.15, -0.1) is 0 Å². The first-order chi connectivity index (χ1) is 4.77. The summed E-state index contributed by atoms with van der Waals surface area (Å²) < 4.78 is 0. The van der Waals surface area contributed by atoms with Crippen molar-refractivity contribution in [3.8, 4) is 0 Å². The van der Waals surface area contributed by atoms with Gasteiger partial charge in [-0.1, -0.05) is 47.2 Å². The summed E-state index contributed by atoms with van der Waals surface area (Å²) in [7, 11) is 0. The van der Waals surface area contributed by atoms with Crippen molar-refractivity contribution in [2.45, 2.75) is 19.8 Å². The first-order valence-electron chi connectivity index (χ1n) is 3.68. The fourth-order valence-electron chi connectivity index (χ4n) is 1.18. The predicted octanol–water partition coefficient (Wildman–Crippen LogP) is 3.29. The first-order valence-corrected chi connectivity index (χ1v) is 4.80. The van der Waals surface area contributed by atoms with Crippen LogP contribution in [-0.4, -0.2) is 5.33 Å². The summed E-state index contributed by atoms with van der Waals surface area (Å²) >= 11 is 3.45. The molecule has 0 aromatic heterocycles. The summed E-state index contributed by atoms with van der Waals surface area (Å²) in [6, 6.07) is 0. The highest BCUT2D eigenvalue weighted by molar-refractivity contribution is 9.09. The number of hydrogen-bond acceptors (Lipinski definition) is 0. The maximum absolute atomic E-state index is 3.45. The second-order valence-corrected chi connectivity index (χ2v) is 3.78. The Hall–Kier alpha value is -0.0400. The molecule has 0 atom stereocenters. The lowest BCUT2D eigenvalue weighted by Gasteiger charge is -2.22. The standard InChI is InChI=1S/C9H13Br/c1-9(7-8-10)5-3-2-4-6-9/h3-6H,2,7-8H2,1H3. The number of rotatable bonds is 2. The van der Waals surface area contributed by atoms with Crippen molar-refractivity contribution in [1.82, 2.24) is 0 Å². The van der Waals surface area contributed by atoms with Gasteiger partial charge in [0, 0.05) is 10.7 Å². The van der Waals surface area contributed by atoms with Crippen molar-refractivity contribution in [2.75, 3.05) is 5.33 Å². The fraction of sp³-hybridized carbons (Fsp3) is 0.556. The minimum Gasteiger partial charge on any atom is -0.0928 e. The number of hydrogen-bond donors (Lipinski definition) is 0. The third-order valence-electron chi connectivity index (χ3n) is 1.90. The van der Waals surface area contributed by atoms with Gasteiger partial charge >= 0.3 is 0 Å². The van der Waals surface area contributed by atoms with Crippen molar-refractivity contribution < 1.29 is 0 Å². The highest BCUT2D eigenvalue weighted by atomic mass is 79.9. The molecule has 10 heavy (non-hydrogen) atoms. The molecule has 0 fully saturated rings. The molecule has 0 saturated carbocycles. The average Bonchev–Trinajstić information content (AvgIpc) is 1.89. The summed E-state index contributed by atoms with van der Waals surface area (Å²) in [6.45, 7) is 2.26. The van der Waals surface area contributed by atoms with Crippen LogP contribution >= 0.6 is 15.9 Å². The minimum absolute atomic E-state index is 0.321. The maximum atomic E-state index is 3.45. The van der Waals surface area contributed by atoms with Crippen molar-refractivity contribution in [3.05, 3.63) is 24.3 Å². The van der Waals surface area contributed by atoms with Gasteiger partial charge in [0.1, 0.15) is 0 Å². The molecule has 1 heteroatoms. The van der Waals surface area contributed by atoms with Crippen molar-refractivity contribution in [1.29, 1.82) is 0 Å². The molecule has 0 heterocycles. The molecule has 0 N–H and O–H groups in total. The number of allylic oxidation sites excluding steroid dienone is 4. The van der Waals surface area contributed by atoms with Gasteiger partial charge in [0.2, 0.25) is 0 Å². The molecule has 0 nitrogen and oxygen atoms in total. The molecule has 0 aromatic rings. The third kappa shape index (κ3) is 1.98. The van der Waals surface area contributed by atoms with Crippen LogP contribution in [0.25, 0.3) is 0 Å². The Morgan fingerprint density at radius 3 is 2.50 bits per heavy atom. The maximum Gasteiger partial charge on any atom is 0.00424 e. The summed E-state index contributed by atoms with van der Waals surface area (Å²) in [5, 5.41) is 1.08. The van der Waals surface area contributed by atoms with Crippen LogP contribution in [-0.2, 0) is 0 Å². The van der Waals surface area contributed by atoms with Crippen LogP contribution in [0.5, 0.6) is 0 Å². The van der Waals surface area contributed by atoms with Crippen molar-refractivity contribution in [3.63, 3.8) is 0 Å². The van der Waals surface area contributed by atoms with Gasteiger partial charge in [0.05, 0.1) is 0 Å². The van der Waals surface area contributed by atoms with Crippen LogP contribution in [0, 0.1) is 5.41 Å². The van der Waals surface area contributed by atoms with Crippen LogP contribution in [0.3, 0.4) is 0 Å². The number of alkyl halides is 1. The Bertz CT molecular complexity index is 144. The van der Waals surface area contributed by atoms with Crippen molar-refractivity contribution >= 4 is 15.9 Å². The zero-order valence-electron chi connectivity index (χ0n) is 6.31. The van der Waals surface area contributed by atoms with Gasteiger partial charge < -0.3 is 0 Å². The number of halogens is 1. The highest BCUT2D eigenvalue weighted by Gasteiger charge is 2.16. The predicted molar refractivity (Wildman–Crippen MR) is 49.4 cm³/mol. The topological polar surface area (TPSA) is 0 Å².